The summed E-state index contributed by atoms with van der Waals surface area (Å²) in [5, 5.41) is 12.6. The number of ether oxygens (including phenoxy) is 1. The van der Waals surface area contributed by atoms with Gasteiger partial charge in [0.25, 0.3) is 11.8 Å². The van der Waals surface area contributed by atoms with E-state index in [9.17, 15) is 24.1 Å². The summed E-state index contributed by atoms with van der Waals surface area (Å²) in [5.74, 6) is -1.65. The summed E-state index contributed by atoms with van der Waals surface area (Å²) in [6.45, 7) is -0.0635. The number of halogens is 1. The number of nitro benzene ring substituents is 1. The first-order chi connectivity index (χ1) is 15.4. The fourth-order valence-electron chi connectivity index (χ4n) is 3.16. The molecule has 1 aliphatic rings. The smallest absolute Gasteiger partial charge is 0.311 e. The number of hydrogen-bond acceptors (Lipinski definition) is 5. The van der Waals surface area contributed by atoms with E-state index in [4.69, 9.17) is 4.74 Å². The Hall–Kier alpha value is -4.53. The van der Waals surface area contributed by atoms with Gasteiger partial charge in [-0.3, -0.25) is 25.1 Å². The molecule has 0 saturated carbocycles. The van der Waals surface area contributed by atoms with Crippen molar-refractivity contribution in [3.05, 3.63) is 105 Å². The molecule has 1 heterocycles. The fourth-order valence-corrected chi connectivity index (χ4v) is 3.16. The molecule has 0 spiro atoms. The number of hydrogen-bond donors (Lipinski definition) is 1. The van der Waals surface area contributed by atoms with Gasteiger partial charge < -0.3 is 4.74 Å². The molecule has 8 nitrogen and oxygen atoms in total. The standard InChI is InChI=1S/C23H16FN3O5/c24-17-6-4-5-16(11-17)14-32-21-10-9-15(13-20(21)27(30)31)12-19-22(28)25-26(23(19)29)18-7-2-1-3-8-18/h1-13H,14H2,(H,25,28). The molecule has 0 atom stereocenters. The molecule has 0 bridgehead atoms. The summed E-state index contributed by atoms with van der Waals surface area (Å²) in [4.78, 5) is 35.9. The number of carbonyl (C=O) groups is 2. The Balaban J connectivity index is 1.58. The third-order valence-corrected chi connectivity index (χ3v) is 4.68. The number of nitro groups is 1. The van der Waals surface area contributed by atoms with E-state index in [-0.39, 0.29) is 29.2 Å². The Labute approximate surface area is 181 Å². The third kappa shape index (κ3) is 4.31. The maximum Gasteiger partial charge on any atom is 0.311 e. The zero-order chi connectivity index (χ0) is 22.7. The number of anilines is 1. The first-order valence-corrected chi connectivity index (χ1v) is 9.50. The Bertz CT molecular complexity index is 1240. The average molecular weight is 433 g/mol. The van der Waals surface area contributed by atoms with Gasteiger partial charge in [0.05, 0.1) is 10.6 Å². The molecule has 4 rings (SSSR count). The second-order valence-corrected chi connectivity index (χ2v) is 6.88. The SMILES string of the molecule is O=C1NN(c2ccccc2)C(=O)C1=Cc1ccc(OCc2cccc(F)c2)c([N+](=O)[O-])c1. The molecule has 0 aromatic heterocycles. The van der Waals surface area contributed by atoms with Crippen molar-refractivity contribution in [2.24, 2.45) is 0 Å². The number of rotatable bonds is 6. The van der Waals surface area contributed by atoms with Crippen LogP contribution in [0.3, 0.4) is 0 Å². The molecule has 9 heteroatoms. The maximum absolute atomic E-state index is 13.3. The van der Waals surface area contributed by atoms with Crippen LogP contribution in [-0.2, 0) is 16.2 Å². The van der Waals surface area contributed by atoms with Gasteiger partial charge in [-0.25, -0.2) is 9.40 Å². The van der Waals surface area contributed by atoms with E-state index in [1.165, 1.54) is 42.5 Å². The average Bonchev–Trinajstić information content (AvgIpc) is 3.07. The van der Waals surface area contributed by atoms with Crippen molar-refractivity contribution in [3.63, 3.8) is 0 Å². The summed E-state index contributed by atoms with van der Waals surface area (Å²) in [7, 11) is 0. The molecule has 0 unspecified atom stereocenters. The van der Waals surface area contributed by atoms with E-state index in [1.54, 1.807) is 36.4 Å². The number of amides is 2. The molecule has 160 valence electrons. The number of nitrogens with one attached hydrogen (secondary N) is 1. The zero-order valence-electron chi connectivity index (χ0n) is 16.5. The summed E-state index contributed by atoms with van der Waals surface area (Å²) in [6.07, 6.45) is 1.28. The number of benzene rings is 3. The summed E-state index contributed by atoms with van der Waals surface area (Å²) in [5.41, 5.74) is 3.25. The zero-order valence-corrected chi connectivity index (χ0v) is 16.5. The van der Waals surface area contributed by atoms with Crippen molar-refractivity contribution < 1.29 is 23.6 Å². The summed E-state index contributed by atoms with van der Waals surface area (Å²) < 4.78 is 18.8. The van der Waals surface area contributed by atoms with E-state index in [2.05, 4.69) is 5.43 Å². The van der Waals surface area contributed by atoms with Crippen LogP contribution in [0.5, 0.6) is 5.75 Å². The quantitative estimate of drug-likeness (QED) is 0.276. The van der Waals surface area contributed by atoms with Crippen molar-refractivity contribution >= 4 is 29.3 Å². The van der Waals surface area contributed by atoms with Crippen LogP contribution in [0.15, 0.2) is 78.4 Å². The van der Waals surface area contributed by atoms with Crippen LogP contribution in [0.25, 0.3) is 6.08 Å². The van der Waals surface area contributed by atoms with Crippen LogP contribution in [0.2, 0.25) is 0 Å². The lowest BCUT2D eigenvalue weighted by Gasteiger charge is -2.13. The molecule has 1 fully saturated rings. The normalized spacial score (nSPS) is 14.5. The minimum atomic E-state index is -0.629. The first kappa shape index (κ1) is 20.7. The summed E-state index contributed by atoms with van der Waals surface area (Å²) in [6, 6.07) is 18.3. The molecule has 3 aromatic carbocycles. The van der Waals surface area contributed by atoms with Crippen LogP contribution in [0.4, 0.5) is 15.8 Å². The lowest BCUT2D eigenvalue weighted by atomic mass is 10.1. The molecule has 32 heavy (non-hydrogen) atoms. The van der Waals surface area contributed by atoms with Gasteiger partial charge in [-0.15, -0.1) is 0 Å². The minimum Gasteiger partial charge on any atom is -0.482 e. The van der Waals surface area contributed by atoms with Crippen molar-refractivity contribution in [1.29, 1.82) is 0 Å². The van der Waals surface area contributed by atoms with Crippen LogP contribution in [0.1, 0.15) is 11.1 Å². The molecule has 1 saturated heterocycles. The van der Waals surface area contributed by atoms with Crippen LogP contribution < -0.4 is 15.2 Å². The van der Waals surface area contributed by atoms with Gasteiger partial charge in [0.1, 0.15) is 18.0 Å². The fraction of sp³-hybridized carbons (Fsp3) is 0.0435. The van der Waals surface area contributed by atoms with E-state index in [1.807, 2.05) is 0 Å². The van der Waals surface area contributed by atoms with Gasteiger partial charge >= 0.3 is 5.69 Å². The van der Waals surface area contributed by atoms with E-state index >= 15 is 0 Å². The lowest BCUT2D eigenvalue weighted by molar-refractivity contribution is -0.386. The highest BCUT2D eigenvalue weighted by atomic mass is 19.1. The second-order valence-electron chi connectivity index (χ2n) is 6.88. The lowest BCUT2D eigenvalue weighted by Crippen LogP contribution is -2.35. The highest BCUT2D eigenvalue weighted by molar-refractivity contribution is 6.31. The molecular weight excluding hydrogens is 417 g/mol. The highest BCUT2D eigenvalue weighted by Gasteiger charge is 2.34. The van der Waals surface area contributed by atoms with Crippen LogP contribution in [0, 0.1) is 15.9 Å². The van der Waals surface area contributed by atoms with Gasteiger partial charge in [0.2, 0.25) is 0 Å². The van der Waals surface area contributed by atoms with Crippen LogP contribution >= 0.6 is 0 Å². The van der Waals surface area contributed by atoms with Crippen molar-refractivity contribution in [2.45, 2.75) is 6.61 Å². The summed E-state index contributed by atoms with van der Waals surface area (Å²) >= 11 is 0. The Morgan fingerprint density at radius 3 is 2.53 bits per heavy atom. The molecule has 0 aliphatic carbocycles. The molecule has 3 aromatic rings. The molecular formula is C23H16FN3O5. The highest BCUT2D eigenvalue weighted by Crippen LogP contribution is 2.30. The molecule has 1 aliphatic heterocycles. The number of nitrogens with zero attached hydrogens (tertiary/aromatic N) is 2. The molecule has 0 radical (unpaired) electrons. The molecule has 2 amide bonds. The Morgan fingerprint density at radius 2 is 1.81 bits per heavy atom. The monoisotopic (exact) mass is 433 g/mol. The van der Waals surface area contributed by atoms with Crippen molar-refractivity contribution in [1.82, 2.24) is 5.43 Å². The number of carbonyl (C=O) groups excluding carboxylic acids is 2. The third-order valence-electron chi connectivity index (χ3n) is 4.68. The first-order valence-electron chi connectivity index (χ1n) is 9.50. The van der Waals surface area contributed by atoms with E-state index in [0.29, 0.717) is 11.3 Å². The molecule has 1 N–H and O–H groups in total. The minimum absolute atomic E-state index is 0.0190. The number of hydrazine groups is 1. The van der Waals surface area contributed by atoms with Gasteiger partial charge in [-0.1, -0.05) is 36.4 Å². The van der Waals surface area contributed by atoms with Crippen LogP contribution in [-0.4, -0.2) is 16.7 Å². The van der Waals surface area contributed by atoms with E-state index < -0.39 is 22.6 Å². The second kappa shape index (κ2) is 8.68. The van der Waals surface area contributed by atoms with E-state index in [0.717, 1.165) is 5.01 Å². The Morgan fingerprint density at radius 1 is 1.03 bits per heavy atom. The predicted octanol–water partition coefficient (Wildman–Crippen LogP) is 3.77. The van der Waals surface area contributed by atoms with Gasteiger partial charge in [-0.2, -0.15) is 0 Å². The Kier molecular flexibility index (Phi) is 5.63. The van der Waals surface area contributed by atoms with Gasteiger partial charge in [0, 0.05) is 6.07 Å². The van der Waals surface area contributed by atoms with Crippen molar-refractivity contribution in [2.75, 3.05) is 5.01 Å². The topological polar surface area (TPSA) is 102 Å². The largest absolute Gasteiger partial charge is 0.482 e. The predicted molar refractivity (Wildman–Crippen MR) is 114 cm³/mol. The van der Waals surface area contributed by atoms with Gasteiger partial charge in [-0.05, 0) is 47.5 Å². The number of para-hydroxylation sites is 1. The van der Waals surface area contributed by atoms with Crippen molar-refractivity contribution in [3.8, 4) is 5.75 Å². The maximum atomic E-state index is 13.3. The van der Waals surface area contributed by atoms with Gasteiger partial charge in [0.15, 0.2) is 5.75 Å².